The van der Waals surface area contributed by atoms with Crippen molar-refractivity contribution in [3.63, 3.8) is 0 Å². The van der Waals surface area contributed by atoms with E-state index >= 15 is 8.78 Å². The van der Waals surface area contributed by atoms with Crippen molar-refractivity contribution >= 4 is 33.4 Å². The van der Waals surface area contributed by atoms with Crippen LogP contribution in [0.25, 0.3) is 32.9 Å². The van der Waals surface area contributed by atoms with E-state index in [0.717, 1.165) is 32.5 Å². The average Bonchev–Trinajstić information content (AvgIpc) is 3.95. The first kappa shape index (κ1) is 33.1. The number of aromatic hydroxyl groups is 1. The largest absolute Gasteiger partial charge is 0.508 e. The quantitative estimate of drug-likeness (QED) is 0.207. The zero-order chi connectivity index (χ0) is 35.3. The third-order valence-corrected chi connectivity index (χ3v) is 10.1. The van der Waals surface area contributed by atoms with Gasteiger partial charge < -0.3 is 34.3 Å². The fourth-order valence-electron chi connectivity index (χ4n) is 7.27. The second kappa shape index (κ2) is 13.2. The van der Waals surface area contributed by atoms with Crippen molar-refractivity contribution < 1.29 is 37.6 Å². The number of hydrogen-bond acceptors (Lipinski definition) is 11. The Balaban J connectivity index is 1.28. The van der Waals surface area contributed by atoms with Crippen LogP contribution in [-0.4, -0.2) is 109 Å². The van der Waals surface area contributed by atoms with Gasteiger partial charge in [0.1, 0.15) is 40.6 Å². The van der Waals surface area contributed by atoms with Crippen LogP contribution >= 0.6 is 0 Å². The highest BCUT2D eigenvalue weighted by Gasteiger charge is 2.45. The second-order valence-corrected chi connectivity index (χ2v) is 13.4. The van der Waals surface area contributed by atoms with Crippen molar-refractivity contribution in [3.8, 4) is 41.2 Å². The summed E-state index contributed by atoms with van der Waals surface area (Å²) < 4.78 is 56.2. The maximum Gasteiger partial charge on any atom is 0.319 e. The molecule has 0 bridgehead atoms. The molecule has 3 fully saturated rings. The van der Waals surface area contributed by atoms with E-state index in [2.05, 4.69) is 32.7 Å². The van der Waals surface area contributed by atoms with Crippen LogP contribution in [0.2, 0.25) is 0 Å². The maximum absolute atomic E-state index is 17.2. The van der Waals surface area contributed by atoms with Gasteiger partial charge in [0.2, 0.25) is 11.8 Å². The summed E-state index contributed by atoms with van der Waals surface area (Å²) in [4.78, 5) is 30.8. The van der Waals surface area contributed by atoms with Crippen LogP contribution in [0.1, 0.15) is 18.4 Å². The molecule has 2 saturated heterocycles. The molecule has 1 saturated carbocycles. The van der Waals surface area contributed by atoms with E-state index < -0.39 is 29.6 Å². The lowest BCUT2D eigenvalue weighted by atomic mass is 9.95. The molecule has 8 rings (SSSR count). The molecule has 4 aliphatic rings. The number of rotatable bonds is 8. The molecule has 2 aromatic carbocycles. The van der Waals surface area contributed by atoms with Crippen LogP contribution in [0.4, 0.5) is 14.6 Å². The third kappa shape index (κ3) is 6.15. The summed E-state index contributed by atoms with van der Waals surface area (Å²) >= 11 is 0. The summed E-state index contributed by atoms with van der Waals surface area (Å²) in [7, 11) is 0. The average molecular weight is 699 g/mol. The Morgan fingerprint density at radius 1 is 1.12 bits per heavy atom. The van der Waals surface area contributed by atoms with E-state index in [-0.39, 0.29) is 69.4 Å². The summed E-state index contributed by atoms with van der Waals surface area (Å²) in [6.07, 6.45) is 8.86. The number of amides is 1. The first-order valence-electron chi connectivity index (χ1n) is 16.9. The molecule has 12 nitrogen and oxygen atoms in total. The molecular formula is C37H36F2N6O6. The van der Waals surface area contributed by atoms with Gasteiger partial charge in [0, 0.05) is 42.5 Å². The van der Waals surface area contributed by atoms with E-state index in [1.807, 2.05) is 4.90 Å². The monoisotopic (exact) mass is 698 g/mol. The molecule has 5 heterocycles. The molecule has 1 aliphatic carbocycles. The minimum absolute atomic E-state index is 0.0128. The second-order valence-electron chi connectivity index (χ2n) is 13.4. The van der Waals surface area contributed by atoms with Crippen molar-refractivity contribution in [3.05, 3.63) is 54.1 Å². The van der Waals surface area contributed by atoms with E-state index in [1.54, 1.807) is 0 Å². The van der Waals surface area contributed by atoms with Gasteiger partial charge >= 0.3 is 6.01 Å². The number of nitrogens with one attached hydrogen (secondary N) is 1. The molecule has 51 heavy (non-hydrogen) atoms. The zero-order valence-electron chi connectivity index (χ0n) is 27.8. The number of aromatic nitrogens is 3. The Labute approximate surface area is 292 Å². The number of carbonyl (C=O) groups excluding carboxylic acids is 1. The molecule has 2 atom stereocenters. The molecule has 0 radical (unpaired) electrons. The number of phenolic OH excluding ortho intramolecular Hbond substituents is 1. The lowest BCUT2D eigenvalue weighted by Gasteiger charge is -2.33. The van der Waals surface area contributed by atoms with Crippen LogP contribution in [0.3, 0.4) is 0 Å². The summed E-state index contributed by atoms with van der Waals surface area (Å²) in [6.45, 7) is 8.63. The van der Waals surface area contributed by atoms with Crippen molar-refractivity contribution in [1.29, 1.82) is 0 Å². The summed E-state index contributed by atoms with van der Waals surface area (Å²) in [5.41, 5.74) is -0.521. The molecule has 0 unspecified atom stereocenters. The standard InChI is InChI=1S/C37H36F2N6O6/c1-3-23-25(38)6-5-21-15-22(46)16-24(29(21)23)32-31(39)33-30-34(43-36(42-33)51-20-37(7-8-37)19-44-9-12-48-13-10-44)45-11-14-49-17-26(40-28(47)4-2)27(45)18-50-35(30)41-32/h1,4-6,15-16,26-27,46H,2,7-14,17-20H2,(H,40,47)/t26-,27+/m1/s1. The highest BCUT2D eigenvalue weighted by molar-refractivity contribution is 6.04. The smallest absolute Gasteiger partial charge is 0.319 e. The van der Waals surface area contributed by atoms with Gasteiger partial charge in [0.15, 0.2) is 5.82 Å². The zero-order valence-corrected chi connectivity index (χ0v) is 27.8. The topological polar surface area (TPSA) is 131 Å². The van der Waals surface area contributed by atoms with E-state index in [9.17, 15) is 9.90 Å². The lowest BCUT2D eigenvalue weighted by Crippen LogP contribution is -2.55. The molecule has 3 aliphatic heterocycles. The van der Waals surface area contributed by atoms with Crippen LogP contribution in [0.5, 0.6) is 17.6 Å². The highest BCUT2D eigenvalue weighted by atomic mass is 19.1. The predicted molar refractivity (Wildman–Crippen MR) is 184 cm³/mol. The molecule has 2 N–H and O–H groups in total. The number of fused-ring (bicyclic) bond motifs is 3. The molecule has 4 aromatic rings. The van der Waals surface area contributed by atoms with Crippen LogP contribution in [-0.2, 0) is 14.3 Å². The predicted octanol–water partition coefficient (Wildman–Crippen LogP) is 3.57. The molecule has 14 heteroatoms. The number of hydrogen-bond donors (Lipinski definition) is 2. The molecular weight excluding hydrogens is 662 g/mol. The van der Waals surface area contributed by atoms with Crippen LogP contribution in [0.15, 0.2) is 36.9 Å². The van der Waals surface area contributed by atoms with Gasteiger partial charge in [-0.3, -0.25) is 9.69 Å². The van der Waals surface area contributed by atoms with E-state index in [0.29, 0.717) is 44.2 Å². The molecule has 1 amide bonds. The summed E-state index contributed by atoms with van der Waals surface area (Å²) in [6, 6.07) is 4.25. The summed E-state index contributed by atoms with van der Waals surface area (Å²) in [5, 5.41) is 14.4. The van der Waals surface area contributed by atoms with E-state index in [1.165, 1.54) is 30.3 Å². The van der Waals surface area contributed by atoms with Crippen molar-refractivity contribution in [2.75, 3.05) is 70.7 Å². The Morgan fingerprint density at radius 3 is 2.69 bits per heavy atom. The number of morpholine rings is 1. The highest BCUT2D eigenvalue weighted by Crippen LogP contribution is 2.47. The Kier molecular flexibility index (Phi) is 8.57. The third-order valence-electron chi connectivity index (χ3n) is 10.1. The van der Waals surface area contributed by atoms with Crippen molar-refractivity contribution in [1.82, 2.24) is 25.2 Å². The van der Waals surface area contributed by atoms with E-state index in [4.69, 9.17) is 30.4 Å². The summed E-state index contributed by atoms with van der Waals surface area (Å²) in [5.74, 6) is 0.570. The normalized spacial score (nSPS) is 21.2. The molecule has 2 aromatic heterocycles. The number of terminal acetylenes is 1. The van der Waals surface area contributed by atoms with Gasteiger partial charge in [-0.25, -0.2) is 13.8 Å². The van der Waals surface area contributed by atoms with Crippen molar-refractivity contribution in [2.24, 2.45) is 5.41 Å². The van der Waals surface area contributed by atoms with Gasteiger partial charge in [0.05, 0.1) is 50.7 Å². The first-order chi connectivity index (χ1) is 24.8. The minimum Gasteiger partial charge on any atom is -0.508 e. The maximum atomic E-state index is 17.2. The number of nitrogens with zero attached hydrogens (tertiary/aromatic N) is 5. The fourth-order valence-corrected chi connectivity index (χ4v) is 7.27. The lowest BCUT2D eigenvalue weighted by molar-refractivity contribution is -0.117. The van der Waals surface area contributed by atoms with Gasteiger partial charge in [-0.2, -0.15) is 9.97 Å². The first-order valence-corrected chi connectivity index (χ1v) is 16.9. The van der Waals surface area contributed by atoms with Crippen LogP contribution < -0.4 is 19.7 Å². The fraction of sp³-hybridized carbons (Fsp3) is 0.405. The number of halogens is 2. The SMILES string of the molecule is C#Cc1c(F)ccc2cc(O)cc(-c3nc4c5c(nc(OCC6(CN7CCOCC7)CC6)nc5c3F)N3CCOC[C@@H](NC(=O)C=C)[C@@H]3CO4)c12. The van der Waals surface area contributed by atoms with Gasteiger partial charge in [-0.05, 0) is 42.5 Å². The number of carbonyl (C=O) groups is 1. The Morgan fingerprint density at radius 2 is 1.92 bits per heavy atom. The number of ether oxygens (including phenoxy) is 4. The Hall–Kier alpha value is -5.10. The van der Waals surface area contributed by atoms with Gasteiger partial charge in [0.25, 0.3) is 0 Å². The van der Waals surface area contributed by atoms with Crippen LogP contribution in [0, 0.1) is 29.4 Å². The number of benzene rings is 2. The van der Waals surface area contributed by atoms with Crippen molar-refractivity contribution in [2.45, 2.75) is 24.9 Å². The Bertz CT molecular complexity index is 2100. The van der Waals surface area contributed by atoms with Gasteiger partial charge in [-0.15, -0.1) is 6.42 Å². The minimum atomic E-state index is -0.861. The number of anilines is 1. The number of pyridine rings is 1. The van der Waals surface area contributed by atoms with Gasteiger partial charge in [-0.1, -0.05) is 18.6 Å². The molecule has 0 spiro atoms. The number of phenols is 1. The molecule has 264 valence electrons.